The topological polar surface area (TPSA) is 112 Å². The van der Waals surface area contributed by atoms with Gasteiger partial charge in [-0.1, -0.05) is 42.5 Å². The largest absolute Gasteiger partial charge is 0.361 e. The smallest absolute Gasteiger partial charge is 0.329 e. The monoisotopic (exact) mass is 407 g/mol. The number of benzene rings is 2. The summed E-state index contributed by atoms with van der Waals surface area (Å²) in [4.78, 5) is 34.8. The number of amides is 1. The predicted molar refractivity (Wildman–Crippen MR) is 112 cm³/mol. The second-order valence-electron chi connectivity index (χ2n) is 6.66. The molecule has 1 aromatic heterocycles. The number of rotatable bonds is 5. The first kappa shape index (κ1) is 19.1. The van der Waals surface area contributed by atoms with Gasteiger partial charge < -0.3 is 20.4 Å². The molecule has 0 spiro atoms. The van der Waals surface area contributed by atoms with Crippen molar-refractivity contribution in [2.24, 2.45) is 0 Å². The summed E-state index contributed by atoms with van der Waals surface area (Å²) < 4.78 is 11.1. The van der Waals surface area contributed by atoms with Crippen molar-refractivity contribution >= 4 is 30.6 Å². The van der Waals surface area contributed by atoms with Gasteiger partial charge in [0, 0.05) is 29.2 Å². The molecule has 0 atom stereocenters. The van der Waals surface area contributed by atoms with Crippen molar-refractivity contribution in [2.75, 3.05) is 10.6 Å². The number of aromatic nitrogens is 1. The molecule has 146 valence electrons. The molecule has 4 N–H and O–H groups in total. The van der Waals surface area contributed by atoms with Crippen LogP contribution < -0.4 is 10.6 Å². The van der Waals surface area contributed by atoms with Crippen molar-refractivity contribution in [1.82, 2.24) is 4.98 Å². The Labute approximate surface area is 167 Å². The van der Waals surface area contributed by atoms with Gasteiger partial charge in [0.15, 0.2) is 0 Å². The number of carbonyl (C=O) groups is 1. The van der Waals surface area contributed by atoms with E-state index in [4.69, 9.17) is 9.79 Å². The zero-order chi connectivity index (χ0) is 20.4. The molecule has 0 bridgehead atoms. The highest BCUT2D eigenvalue weighted by molar-refractivity contribution is 7.50. The number of fused-ring (bicyclic) bond motifs is 1. The van der Waals surface area contributed by atoms with Crippen LogP contribution >= 0.6 is 7.60 Å². The van der Waals surface area contributed by atoms with Gasteiger partial charge in [-0.2, -0.15) is 0 Å². The lowest BCUT2D eigenvalue weighted by Gasteiger charge is -2.07. The average Bonchev–Trinajstić information content (AvgIpc) is 3.01. The number of anilines is 2. The van der Waals surface area contributed by atoms with Crippen LogP contribution in [0.15, 0.2) is 73.1 Å². The molecule has 7 nitrogen and oxygen atoms in total. The first-order chi connectivity index (χ1) is 13.9. The van der Waals surface area contributed by atoms with E-state index in [1.165, 1.54) is 0 Å². The van der Waals surface area contributed by atoms with Gasteiger partial charge in [0.25, 0.3) is 5.91 Å². The zero-order valence-electron chi connectivity index (χ0n) is 15.2. The van der Waals surface area contributed by atoms with E-state index in [9.17, 15) is 9.36 Å². The first-order valence-corrected chi connectivity index (χ1v) is 10.7. The van der Waals surface area contributed by atoms with Crippen molar-refractivity contribution in [3.63, 3.8) is 0 Å². The van der Waals surface area contributed by atoms with E-state index in [2.05, 4.69) is 15.6 Å². The van der Waals surface area contributed by atoms with Gasteiger partial charge in [0.1, 0.15) is 5.82 Å². The highest BCUT2D eigenvalue weighted by atomic mass is 31.2. The second-order valence-corrected chi connectivity index (χ2v) is 8.31. The Kier molecular flexibility index (Phi) is 5.03. The van der Waals surface area contributed by atoms with Crippen LogP contribution in [-0.2, 0) is 15.5 Å². The summed E-state index contributed by atoms with van der Waals surface area (Å²) in [5.41, 5.74) is 4.33. The molecule has 8 heteroatoms. The lowest BCUT2D eigenvalue weighted by molar-refractivity contribution is -0.110. The Morgan fingerprint density at radius 1 is 1.03 bits per heavy atom. The minimum Gasteiger partial charge on any atom is -0.361 e. The van der Waals surface area contributed by atoms with E-state index in [0.717, 1.165) is 11.1 Å². The lowest BCUT2D eigenvalue weighted by Crippen LogP contribution is -2.05. The van der Waals surface area contributed by atoms with Crippen molar-refractivity contribution in [3.8, 4) is 11.1 Å². The summed E-state index contributed by atoms with van der Waals surface area (Å²) in [6.07, 6.45) is 3.03. The number of carbonyl (C=O) groups excluding carboxylic acids is 1. The molecular formula is C21H18N3O4P. The normalized spacial score (nSPS) is 14.6. The van der Waals surface area contributed by atoms with Crippen LogP contribution in [0.4, 0.5) is 11.5 Å². The number of pyridine rings is 1. The maximum Gasteiger partial charge on any atom is 0.329 e. The summed E-state index contributed by atoms with van der Waals surface area (Å²) in [6, 6.07) is 18.4. The number of nitrogens with one attached hydrogen (secondary N) is 2. The SMILES string of the molecule is O=C1Nc2ncc(-c3ccccc3)cc2C1=CNc1ccc(CP(=O)(O)O)cc1. The summed E-state index contributed by atoms with van der Waals surface area (Å²) in [6.45, 7) is 0. The number of hydrogen-bond donors (Lipinski definition) is 4. The molecule has 2 aromatic carbocycles. The molecule has 1 aliphatic heterocycles. The fraction of sp³-hybridized carbons (Fsp3) is 0.0476. The van der Waals surface area contributed by atoms with Crippen molar-refractivity contribution < 1.29 is 19.1 Å². The second kappa shape index (κ2) is 7.64. The third kappa shape index (κ3) is 4.43. The van der Waals surface area contributed by atoms with Gasteiger partial charge in [0.05, 0.1) is 11.7 Å². The van der Waals surface area contributed by atoms with Gasteiger partial charge in [0.2, 0.25) is 0 Å². The Hall–Kier alpha value is -3.25. The zero-order valence-corrected chi connectivity index (χ0v) is 16.1. The summed E-state index contributed by atoms with van der Waals surface area (Å²) in [5.74, 6) is 0.267. The molecule has 1 amide bonds. The summed E-state index contributed by atoms with van der Waals surface area (Å²) in [7, 11) is -4.10. The van der Waals surface area contributed by atoms with E-state index in [0.29, 0.717) is 28.2 Å². The molecule has 0 unspecified atom stereocenters. The van der Waals surface area contributed by atoms with E-state index < -0.39 is 7.60 Å². The summed E-state index contributed by atoms with van der Waals surface area (Å²) in [5, 5.41) is 5.81. The van der Waals surface area contributed by atoms with E-state index in [1.54, 1.807) is 36.7 Å². The molecule has 1 aliphatic rings. The molecular weight excluding hydrogens is 389 g/mol. The highest BCUT2D eigenvalue weighted by Crippen LogP contribution is 2.39. The standard InChI is InChI=1S/C21H18N3O4P/c25-21-19(12-22-17-8-6-14(7-9-17)13-29(26,27)28)18-10-16(11-23-20(18)24-21)15-4-2-1-3-5-15/h1-12,22H,13H2,(H,23,24,25)(H2,26,27,28). The van der Waals surface area contributed by atoms with Crippen LogP contribution in [0, 0.1) is 0 Å². The van der Waals surface area contributed by atoms with Crippen molar-refractivity contribution in [2.45, 2.75) is 6.16 Å². The average molecular weight is 407 g/mol. The fourth-order valence-corrected chi connectivity index (χ4v) is 3.78. The molecule has 2 heterocycles. The maximum absolute atomic E-state index is 12.4. The van der Waals surface area contributed by atoms with Crippen LogP contribution in [0.25, 0.3) is 16.7 Å². The molecule has 29 heavy (non-hydrogen) atoms. The molecule has 0 aliphatic carbocycles. The van der Waals surface area contributed by atoms with E-state index in [1.807, 2.05) is 36.4 Å². The minimum absolute atomic E-state index is 0.247. The highest BCUT2D eigenvalue weighted by Gasteiger charge is 2.26. The van der Waals surface area contributed by atoms with Crippen LogP contribution in [0.5, 0.6) is 0 Å². The third-order valence-corrected chi connectivity index (χ3v) is 5.26. The van der Waals surface area contributed by atoms with Crippen molar-refractivity contribution in [3.05, 3.63) is 84.2 Å². The van der Waals surface area contributed by atoms with Gasteiger partial charge >= 0.3 is 7.60 Å². The van der Waals surface area contributed by atoms with Crippen LogP contribution in [0.2, 0.25) is 0 Å². The van der Waals surface area contributed by atoms with Gasteiger partial charge in [-0.25, -0.2) is 4.98 Å². The van der Waals surface area contributed by atoms with Crippen LogP contribution in [0.1, 0.15) is 11.1 Å². The van der Waals surface area contributed by atoms with Gasteiger partial charge in [-0.15, -0.1) is 0 Å². The number of hydrogen-bond acceptors (Lipinski definition) is 4. The molecule has 0 fully saturated rings. The van der Waals surface area contributed by atoms with E-state index in [-0.39, 0.29) is 12.1 Å². The molecule has 0 saturated carbocycles. The third-order valence-electron chi connectivity index (χ3n) is 4.49. The summed E-state index contributed by atoms with van der Waals surface area (Å²) >= 11 is 0. The molecule has 4 rings (SSSR count). The fourth-order valence-electron chi connectivity index (χ4n) is 3.10. The van der Waals surface area contributed by atoms with Crippen LogP contribution in [0.3, 0.4) is 0 Å². The van der Waals surface area contributed by atoms with Gasteiger partial charge in [-0.05, 0) is 29.3 Å². The predicted octanol–water partition coefficient (Wildman–Crippen LogP) is 3.83. The van der Waals surface area contributed by atoms with E-state index >= 15 is 0 Å². The molecule has 3 aromatic rings. The number of nitrogens with zero attached hydrogens (tertiary/aromatic N) is 1. The Morgan fingerprint density at radius 2 is 1.76 bits per heavy atom. The Balaban J connectivity index is 1.57. The minimum atomic E-state index is -4.10. The molecule has 0 radical (unpaired) electrons. The molecule has 0 saturated heterocycles. The Morgan fingerprint density at radius 3 is 2.45 bits per heavy atom. The maximum atomic E-state index is 12.4. The van der Waals surface area contributed by atoms with Crippen LogP contribution in [-0.4, -0.2) is 20.7 Å². The quantitative estimate of drug-likeness (QED) is 0.378. The van der Waals surface area contributed by atoms with Gasteiger partial charge in [-0.3, -0.25) is 9.36 Å². The Bertz CT molecular complexity index is 1140. The van der Waals surface area contributed by atoms with Crippen molar-refractivity contribution in [1.29, 1.82) is 0 Å². The lowest BCUT2D eigenvalue weighted by atomic mass is 10.0. The first-order valence-electron chi connectivity index (χ1n) is 8.86.